The van der Waals surface area contributed by atoms with Crippen molar-refractivity contribution in [2.45, 2.75) is 50.7 Å². The van der Waals surface area contributed by atoms with Crippen molar-refractivity contribution in [3.63, 3.8) is 0 Å². The fraction of sp³-hybridized carbons (Fsp3) is 0.429. The van der Waals surface area contributed by atoms with Crippen LogP contribution in [0.25, 0.3) is 0 Å². The number of hydrogen-bond donors (Lipinski definition) is 1. The molecule has 2 aromatic carbocycles. The summed E-state index contributed by atoms with van der Waals surface area (Å²) < 4.78 is 45.9. The Hall–Kier alpha value is -2.25. The van der Waals surface area contributed by atoms with Gasteiger partial charge in [0.25, 0.3) is 0 Å². The zero-order valence-corrected chi connectivity index (χ0v) is 17.9. The lowest BCUT2D eigenvalue weighted by Gasteiger charge is -2.38. The summed E-state index contributed by atoms with van der Waals surface area (Å²) in [5.74, 6) is 1.96. The van der Waals surface area contributed by atoms with Crippen molar-refractivity contribution in [1.29, 1.82) is 0 Å². The molecule has 0 saturated heterocycles. The van der Waals surface area contributed by atoms with Gasteiger partial charge in [0.15, 0.2) is 0 Å². The fourth-order valence-electron chi connectivity index (χ4n) is 3.60. The number of fused-ring (bicyclic) bond motifs is 1. The number of nitrogens with one attached hydrogen (secondary N) is 1. The minimum Gasteiger partial charge on any atom is -0.497 e. The summed E-state index contributed by atoms with van der Waals surface area (Å²) in [5.41, 5.74) is 1.76. The molecule has 28 heavy (non-hydrogen) atoms. The molecule has 0 aromatic heterocycles. The Labute approximate surface area is 166 Å². The molecule has 0 unspecified atom stereocenters. The van der Waals surface area contributed by atoms with E-state index in [1.165, 1.54) is 0 Å². The first-order valence-corrected chi connectivity index (χ1v) is 10.6. The Morgan fingerprint density at radius 2 is 1.79 bits per heavy atom. The molecule has 0 aliphatic carbocycles. The predicted molar refractivity (Wildman–Crippen MR) is 108 cm³/mol. The van der Waals surface area contributed by atoms with Gasteiger partial charge in [-0.25, -0.2) is 13.1 Å². The molecule has 0 spiro atoms. The van der Waals surface area contributed by atoms with Crippen LogP contribution in [-0.2, 0) is 10.0 Å². The number of rotatable bonds is 5. The Morgan fingerprint density at radius 3 is 2.43 bits per heavy atom. The van der Waals surface area contributed by atoms with Crippen LogP contribution in [0.1, 0.15) is 43.0 Å². The molecular weight excluding hydrogens is 378 g/mol. The minimum atomic E-state index is -3.74. The quantitative estimate of drug-likeness (QED) is 0.817. The second-order valence-corrected chi connectivity index (χ2v) is 9.34. The zero-order chi connectivity index (χ0) is 20.7. The van der Waals surface area contributed by atoms with Crippen LogP contribution in [0, 0.1) is 13.8 Å². The lowest BCUT2D eigenvalue weighted by molar-refractivity contribution is 0.0699. The van der Waals surface area contributed by atoms with Gasteiger partial charge in [-0.05, 0) is 57.0 Å². The molecule has 0 bridgehead atoms. The van der Waals surface area contributed by atoms with Crippen LogP contribution in [0.15, 0.2) is 35.2 Å². The van der Waals surface area contributed by atoms with Crippen LogP contribution >= 0.6 is 0 Å². The largest absolute Gasteiger partial charge is 0.497 e. The molecule has 1 atom stereocenters. The molecule has 1 aliphatic rings. The van der Waals surface area contributed by atoms with Crippen molar-refractivity contribution < 1.29 is 22.6 Å². The van der Waals surface area contributed by atoms with Gasteiger partial charge >= 0.3 is 0 Å². The monoisotopic (exact) mass is 405 g/mol. The zero-order valence-electron chi connectivity index (χ0n) is 17.1. The van der Waals surface area contributed by atoms with Gasteiger partial charge in [0.1, 0.15) is 22.8 Å². The normalized spacial score (nSPS) is 18.1. The van der Waals surface area contributed by atoms with Crippen molar-refractivity contribution >= 4 is 10.0 Å². The van der Waals surface area contributed by atoms with Gasteiger partial charge in [-0.2, -0.15) is 0 Å². The van der Waals surface area contributed by atoms with Gasteiger partial charge in [0.05, 0.1) is 25.2 Å². The van der Waals surface area contributed by atoms with Crippen molar-refractivity contribution in [2.75, 3.05) is 14.2 Å². The molecule has 6 nitrogen and oxygen atoms in total. The summed E-state index contributed by atoms with van der Waals surface area (Å²) in [6, 6.07) is 8.32. The lowest BCUT2D eigenvalue weighted by Crippen LogP contribution is -2.41. The molecule has 1 aliphatic heterocycles. The molecule has 0 fully saturated rings. The number of ether oxygens (including phenoxy) is 3. The highest BCUT2D eigenvalue weighted by molar-refractivity contribution is 7.89. The number of hydrogen-bond acceptors (Lipinski definition) is 5. The van der Waals surface area contributed by atoms with Crippen molar-refractivity contribution in [3.05, 3.63) is 47.0 Å². The van der Waals surface area contributed by atoms with Gasteiger partial charge in [-0.3, -0.25) is 0 Å². The smallest absolute Gasteiger partial charge is 0.241 e. The van der Waals surface area contributed by atoms with Gasteiger partial charge in [0, 0.05) is 18.1 Å². The Morgan fingerprint density at radius 1 is 1.07 bits per heavy atom. The highest BCUT2D eigenvalue weighted by Gasteiger charge is 2.36. The minimum absolute atomic E-state index is 0.255. The van der Waals surface area contributed by atoms with Crippen LogP contribution in [0.3, 0.4) is 0 Å². The number of benzene rings is 2. The average Bonchev–Trinajstić information content (AvgIpc) is 2.61. The van der Waals surface area contributed by atoms with Crippen LogP contribution in [-0.4, -0.2) is 28.2 Å². The molecule has 152 valence electrons. The van der Waals surface area contributed by atoms with Crippen LogP contribution in [0.5, 0.6) is 17.2 Å². The van der Waals surface area contributed by atoms with Gasteiger partial charge in [0.2, 0.25) is 10.0 Å². The highest BCUT2D eigenvalue weighted by Crippen LogP contribution is 2.42. The van der Waals surface area contributed by atoms with E-state index < -0.39 is 21.7 Å². The highest BCUT2D eigenvalue weighted by atomic mass is 32.2. The first kappa shape index (κ1) is 20.5. The maximum atomic E-state index is 13.2. The summed E-state index contributed by atoms with van der Waals surface area (Å²) in [6.45, 7) is 7.53. The summed E-state index contributed by atoms with van der Waals surface area (Å²) in [4.78, 5) is 0.255. The first-order valence-electron chi connectivity index (χ1n) is 9.11. The number of sulfonamides is 1. The summed E-state index contributed by atoms with van der Waals surface area (Å²) in [7, 11) is -0.578. The average molecular weight is 406 g/mol. The van der Waals surface area contributed by atoms with Crippen LogP contribution in [0.2, 0.25) is 0 Å². The Bertz CT molecular complexity index is 998. The van der Waals surface area contributed by atoms with Crippen molar-refractivity contribution in [2.24, 2.45) is 0 Å². The van der Waals surface area contributed by atoms with E-state index in [0.29, 0.717) is 29.2 Å². The van der Waals surface area contributed by atoms with Gasteiger partial charge < -0.3 is 14.2 Å². The third-order valence-electron chi connectivity index (χ3n) is 5.17. The van der Waals surface area contributed by atoms with Crippen molar-refractivity contribution in [1.82, 2.24) is 4.72 Å². The lowest BCUT2D eigenvalue weighted by atomic mass is 9.90. The topological polar surface area (TPSA) is 73.9 Å². The van der Waals surface area contributed by atoms with Crippen LogP contribution < -0.4 is 18.9 Å². The fourth-order valence-corrected chi connectivity index (χ4v) is 5.11. The van der Waals surface area contributed by atoms with Gasteiger partial charge in [-0.15, -0.1) is 0 Å². The second kappa shape index (κ2) is 7.29. The molecular formula is C21H27NO5S. The van der Waals surface area contributed by atoms with E-state index in [0.717, 1.165) is 11.1 Å². The van der Waals surface area contributed by atoms with E-state index in [1.807, 2.05) is 32.9 Å². The molecule has 0 radical (unpaired) electrons. The van der Waals surface area contributed by atoms with E-state index in [9.17, 15) is 8.42 Å². The molecule has 2 aromatic rings. The summed E-state index contributed by atoms with van der Waals surface area (Å²) in [5, 5.41) is 0. The van der Waals surface area contributed by atoms with E-state index in [1.54, 1.807) is 39.3 Å². The van der Waals surface area contributed by atoms with E-state index in [2.05, 4.69) is 4.72 Å². The Balaban J connectivity index is 2.00. The van der Waals surface area contributed by atoms with E-state index in [4.69, 9.17) is 14.2 Å². The van der Waals surface area contributed by atoms with Crippen molar-refractivity contribution in [3.8, 4) is 17.2 Å². The van der Waals surface area contributed by atoms with E-state index >= 15 is 0 Å². The van der Waals surface area contributed by atoms with Gasteiger partial charge in [-0.1, -0.05) is 6.07 Å². The maximum absolute atomic E-state index is 13.2. The molecule has 7 heteroatoms. The van der Waals surface area contributed by atoms with E-state index in [-0.39, 0.29) is 4.90 Å². The summed E-state index contributed by atoms with van der Waals surface area (Å²) >= 11 is 0. The first-order chi connectivity index (χ1) is 13.1. The molecule has 0 saturated carbocycles. The second-order valence-electron chi connectivity index (χ2n) is 7.66. The maximum Gasteiger partial charge on any atom is 0.241 e. The number of methoxy groups -OCH3 is 2. The Kier molecular flexibility index (Phi) is 5.34. The SMILES string of the molecule is COc1ccc2c(c1)OC(C)(C)C[C@@H]2NS(=O)(=O)c1ccc(OC)c(C)c1C. The van der Waals surface area contributed by atoms with Crippen LogP contribution in [0.4, 0.5) is 0 Å². The molecule has 0 amide bonds. The summed E-state index contributed by atoms with van der Waals surface area (Å²) in [6.07, 6.45) is 0.514. The third-order valence-corrected chi connectivity index (χ3v) is 6.79. The molecule has 1 N–H and O–H groups in total. The standard InChI is InChI=1S/C21H27NO5S/c1-13-14(2)20(10-9-18(13)26-6)28(23,24)22-17-12-21(3,4)27-19-11-15(25-5)7-8-16(17)19/h7-11,17,22H,12H2,1-6H3/t17-/m0/s1. The molecule has 1 heterocycles. The molecule has 3 rings (SSSR count). The predicted octanol–water partition coefficient (Wildman–Crippen LogP) is 3.90. The third kappa shape index (κ3) is 3.82.